The van der Waals surface area contributed by atoms with Crippen LogP contribution in [0.4, 0.5) is 4.39 Å². The predicted octanol–water partition coefficient (Wildman–Crippen LogP) is 5.56. The summed E-state index contributed by atoms with van der Waals surface area (Å²) in [5.74, 6) is -0.308. The van der Waals surface area contributed by atoms with Crippen LogP contribution in [0.1, 0.15) is 11.1 Å². The molecule has 2 aromatic rings. The number of rotatable bonds is 7. The van der Waals surface area contributed by atoms with Crippen LogP contribution in [0.15, 0.2) is 41.3 Å². The highest BCUT2D eigenvalue weighted by Crippen LogP contribution is 2.37. The zero-order valence-corrected chi connectivity index (χ0v) is 18.4. The molecule has 29 heavy (non-hydrogen) atoms. The Morgan fingerprint density at radius 3 is 2.59 bits per heavy atom. The number of carbonyl (C=O) groups excluding carboxylic acids is 1. The largest absolute Gasteiger partial charge is 0.486 e. The summed E-state index contributed by atoms with van der Waals surface area (Å²) in [6.07, 6.45) is 1.67. The van der Waals surface area contributed by atoms with Crippen LogP contribution in [0.25, 0.3) is 6.08 Å². The zero-order chi connectivity index (χ0) is 21.0. The number of hydrogen-bond acceptors (Lipinski definition) is 5. The second-order valence-corrected chi connectivity index (χ2v) is 8.51. The maximum atomic E-state index is 13.8. The number of ether oxygens (including phenoxy) is 2. The highest BCUT2D eigenvalue weighted by atomic mass is 35.5. The summed E-state index contributed by atoms with van der Waals surface area (Å²) in [7, 11) is 1.56. The minimum atomic E-state index is -0.369. The fourth-order valence-corrected chi connectivity index (χ4v) is 4.51. The molecule has 4 nitrogen and oxygen atoms in total. The Bertz CT molecular complexity index is 961. The first kappa shape index (κ1) is 22.1. The van der Waals surface area contributed by atoms with Crippen LogP contribution >= 0.6 is 47.2 Å². The molecule has 1 heterocycles. The molecular formula is C20H16Cl2FNO3S2. The van der Waals surface area contributed by atoms with Gasteiger partial charge in [0.25, 0.3) is 5.91 Å². The van der Waals surface area contributed by atoms with Gasteiger partial charge in [0.1, 0.15) is 16.7 Å². The van der Waals surface area contributed by atoms with E-state index in [0.717, 1.165) is 0 Å². The van der Waals surface area contributed by atoms with Crippen molar-refractivity contribution in [2.45, 2.75) is 6.61 Å². The molecule has 0 aromatic heterocycles. The quantitative estimate of drug-likeness (QED) is 0.390. The Kier molecular flexibility index (Phi) is 7.54. The van der Waals surface area contributed by atoms with Gasteiger partial charge in [-0.25, -0.2) is 4.39 Å². The third-order valence-electron chi connectivity index (χ3n) is 4.04. The van der Waals surface area contributed by atoms with Gasteiger partial charge < -0.3 is 9.47 Å². The van der Waals surface area contributed by atoms with Gasteiger partial charge in [-0.15, -0.1) is 0 Å². The highest BCUT2D eigenvalue weighted by molar-refractivity contribution is 8.26. The lowest BCUT2D eigenvalue weighted by Gasteiger charge is -2.13. The van der Waals surface area contributed by atoms with Crippen molar-refractivity contribution in [3.05, 3.63) is 68.3 Å². The number of thiocarbonyl (C=S) groups is 1. The smallest absolute Gasteiger partial charge is 0.266 e. The first-order valence-electron chi connectivity index (χ1n) is 8.50. The maximum absolute atomic E-state index is 13.8. The van der Waals surface area contributed by atoms with E-state index in [1.54, 1.807) is 43.5 Å². The summed E-state index contributed by atoms with van der Waals surface area (Å²) in [6.45, 7) is 0.776. The molecule has 2 aromatic carbocycles. The SMILES string of the molecule is COCCN1C(=O)C(=Cc2cc(Cl)c(OCc3ccccc3F)c(Cl)c2)SC1=S. The molecule has 0 radical (unpaired) electrons. The second kappa shape index (κ2) is 9.91. The molecule has 1 saturated heterocycles. The van der Waals surface area contributed by atoms with Gasteiger partial charge in [-0.2, -0.15) is 0 Å². The third-order valence-corrected chi connectivity index (χ3v) is 5.98. The van der Waals surface area contributed by atoms with Crippen molar-refractivity contribution in [1.29, 1.82) is 0 Å². The van der Waals surface area contributed by atoms with Crippen molar-refractivity contribution >= 4 is 63.5 Å². The summed E-state index contributed by atoms with van der Waals surface area (Å²) < 4.78 is 24.9. The van der Waals surface area contributed by atoms with E-state index in [4.69, 9.17) is 44.9 Å². The molecule has 0 spiro atoms. The Hall–Kier alpha value is -1.64. The highest BCUT2D eigenvalue weighted by Gasteiger charge is 2.31. The van der Waals surface area contributed by atoms with Gasteiger partial charge >= 0.3 is 0 Å². The molecule has 9 heteroatoms. The fourth-order valence-electron chi connectivity index (χ4n) is 2.59. The molecule has 1 aliphatic rings. The predicted molar refractivity (Wildman–Crippen MR) is 119 cm³/mol. The average Bonchev–Trinajstić information content (AvgIpc) is 2.93. The van der Waals surface area contributed by atoms with Crippen molar-refractivity contribution in [1.82, 2.24) is 4.90 Å². The van der Waals surface area contributed by atoms with Crippen molar-refractivity contribution in [3.8, 4) is 5.75 Å². The van der Waals surface area contributed by atoms with Crippen LogP contribution in [-0.4, -0.2) is 35.4 Å². The van der Waals surface area contributed by atoms with Gasteiger partial charge in [0, 0.05) is 12.7 Å². The number of halogens is 3. The number of benzene rings is 2. The van der Waals surface area contributed by atoms with E-state index in [1.165, 1.54) is 22.7 Å². The van der Waals surface area contributed by atoms with Crippen LogP contribution in [0.3, 0.4) is 0 Å². The minimum Gasteiger partial charge on any atom is -0.486 e. The van der Waals surface area contributed by atoms with Gasteiger partial charge in [0.15, 0.2) is 5.75 Å². The standard InChI is InChI=1S/C20H16Cl2FNO3S2/c1-26-7-6-24-19(25)17(29-20(24)28)10-12-8-14(21)18(15(22)9-12)27-11-13-4-2-3-5-16(13)23/h2-5,8-10H,6-7,11H2,1H3. The number of nitrogens with zero attached hydrogens (tertiary/aromatic N) is 1. The van der Waals surface area contributed by atoms with Crippen LogP contribution < -0.4 is 4.74 Å². The Morgan fingerprint density at radius 2 is 1.93 bits per heavy atom. The van der Waals surface area contributed by atoms with Crippen molar-refractivity contribution in [2.24, 2.45) is 0 Å². The molecular weight excluding hydrogens is 456 g/mol. The van der Waals surface area contributed by atoms with Crippen molar-refractivity contribution in [2.75, 3.05) is 20.3 Å². The molecule has 0 N–H and O–H groups in total. The van der Waals surface area contributed by atoms with E-state index >= 15 is 0 Å². The van der Waals surface area contributed by atoms with Crippen molar-refractivity contribution in [3.63, 3.8) is 0 Å². The van der Waals surface area contributed by atoms with E-state index in [9.17, 15) is 9.18 Å². The number of amides is 1. The lowest BCUT2D eigenvalue weighted by molar-refractivity contribution is -0.122. The molecule has 0 unspecified atom stereocenters. The van der Waals surface area contributed by atoms with E-state index in [2.05, 4.69) is 0 Å². The number of carbonyl (C=O) groups is 1. The summed E-state index contributed by atoms with van der Waals surface area (Å²) in [6, 6.07) is 9.56. The Balaban J connectivity index is 1.77. The first-order chi connectivity index (χ1) is 13.9. The molecule has 0 saturated carbocycles. The topological polar surface area (TPSA) is 38.8 Å². The number of methoxy groups -OCH3 is 1. The molecule has 1 fully saturated rings. The summed E-state index contributed by atoms with van der Waals surface area (Å²) >= 11 is 19.1. The van der Waals surface area contributed by atoms with E-state index in [0.29, 0.717) is 33.5 Å². The van der Waals surface area contributed by atoms with Gasteiger partial charge in [-0.05, 0) is 29.8 Å². The second-order valence-electron chi connectivity index (χ2n) is 6.02. The van der Waals surface area contributed by atoms with E-state index in [1.807, 2.05) is 0 Å². The van der Waals surface area contributed by atoms with Crippen molar-refractivity contribution < 1.29 is 18.7 Å². The van der Waals surface area contributed by atoms with Gasteiger partial charge in [-0.1, -0.05) is 65.4 Å². The number of thioether (sulfide) groups is 1. The molecule has 0 aliphatic carbocycles. The number of hydrogen-bond donors (Lipinski definition) is 0. The lowest BCUT2D eigenvalue weighted by atomic mass is 10.2. The summed E-state index contributed by atoms with van der Waals surface area (Å²) in [5.41, 5.74) is 1.02. The summed E-state index contributed by atoms with van der Waals surface area (Å²) in [4.78, 5) is 14.5. The minimum absolute atomic E-state index is 0.0103. The molecule has 0 atom stereocenters. The zero-order valence-electron chi connectivity index (χ0n) is 15.3. The Labute approximate surface area is 187 Å². The lowest BCUT2D eigenvalue weighted by Crippen LogP contribution is -2.31. The van der Waals surface area contributed by atoms with E-state index in [-0.39, 0.29) is 34.1 Å². The van der Waals surface area contributed by atoms with Crippen LogP contribution in [0.5, 0.6) is 5.75 Å². The monoisotopic (exact) mass is 471 g/mol. The third kappa shape index (κ3) is 5.29. The average molecular weight is 472 g/mol. The normalized spacial score (nSPS) is 15.4. The molecule has 0 bridgehead atoms. The summed E-state index contributed by atoms with van der Waals surface area (Å²) in [5, 5.41) is 0.518. The Morgan fingerprint density at radius 1 is 1.24 bits per heavy atom. The molecule has 1 amide bonds. The molecule has 1 aliphatic heterocycles. The van der Waals surface area contributed by atoms with Gasteiger partial charge in [0.2, 0.25) is 0 Å². The fraction of sp³-hybridized carbons (Fsp3) is 0.200. The van der Waals surface area contributed by atoms with Crippen LogP contribution in [-0.2, 0) is 16.1 Å². The molecule has 3 rings (SSSR count). The molecule has 152 valence electrons. The first-order valence-corrected chi connectivity index (χ1v) is 10.5. The van der Waals surface area contributed by atoms with Crippen LogP contribution in [0.2, 0.25) is 10.0 Å². The van der Waals surface area contributed by atoms with Gasteiger partial charge in [0.05, 0.1) is 28.1 Å². The van der Waals surface area contributed by atoms with Gasteiger partial charge in [-0.3, -0.25) is 9.69 Å². The maximum Gasteiger partial charge on any atom is 0.266 e. The van der Waals surface area contributed by atoms with Crippen LogP contribution in [0, 0.1) is 5.82 Å². The van der Waals surface area contributed by atoms with E-state index < -0.39 is 0 Å².